The minimum absolute atomic E-state index is 0.0802. The normalized spacial score (nSPS) is 34.5. The maximum atomic E-state index is 11.4. The number of hydrogen-bond donors (Lipinski definition) is 7. The molecule has 0 radical (unpaired) electrons. The SMILES string of the molecule is NC(=O)OC[C@@H]1N=C(N)N2CC(O)(Cc3ccccc3)C(O)(O)[C@@]23NC(N)=N[C@@H]13. The van der Waals surface area contributed by atoms with E-state index in [2.05, 4.69) is 15.3 Å². The van der Waals surface area contributed by atoms with Crippen LogP contribution in [0.1, 0.15) is 5.56 Å². The van der Waals surface area contributed by atoms with Gasteiger partial charge in [0.1, 0.15) is 24.3 Å². The van der Waals surface area contributed by atoms with Crippen molar-refractivity contribution >= 4 is 18.0 Å². The minimum atomic E-state index is -2.75. The first-order valence-corrected chi connectivity index (χ1v) is 8.96. The van der Waals surface area contributed by atoms with Crippen LogP contribution in [0.15, 0.2) is 40.3 Å². The molecule has 0 bridgehead atoms. The number of carbonyl (C=O) groups is 1. The summed E-state index contributed by atoms with van der Waals surface area (Å²) in [6.07, 6.45) is -1.10. The number of hydrogen-bond acceptors (Lipinski definition) is 11. The van der Waals surface area contributed by atoms with Gasteiger partial charge in [0.15, 0.2) is 17.6 Å². The quantitative estimate of drug-likeness (QED) is 0.251. The van der Waals surface area contributed by atoms with Gasteiger partial charge in [0.2, 0.25) is 5.79 Å². The van der Waals surface area contributed by atoms with E-state index in [4.69, 9.17) is 21.9 Å². The highest BCUT2D eigenvalue weighted by Crippen LogP contribution is 2.50. The molecule has 10 N–H and O–H groups in total. The number of nitrogens with zero attached hydrogens (tertiary/aromatic N) is 3. The van der Waals surface area contributed by atoms with Gasteiger partial charge in [0, 0.05) is 6.42 Å². The van der Waals surface area contributed by atoms with Crippen molar-refractivity contribution in [3.63, 3.8) is 0 Å². The van der Waals surface area contributed by atoms with Crippen LogP contribution in [0, 0.1) is 0 Å². The summed E-state index contributed by atoms with van der Waals surface area (Å²) in [5, 5.41) is 36.7. The highest BCUT2D eigenvalue weighted by Gasteiger charge is 2.78. The monoisotopic (exact) mass is 405 g/mol. The Morgan fingerprint density at radius 3 is 2.59 bits per heavy atom. The van der Waals surface area contributed by atoms with E-state index in [1.807, 2.05) is 6.07 Å². The Morgan fingerprint density at radius 1 is 1.24 bits per heavy atom. The molecule has 3 aliphatic rings. The van der Waals surface area contributed by atoms with E-state index in [-0.39, 0.29) is 31.5 Å². The molecule has 3 heterocycles. The molecule has 0 saturated carbocycles. The zero-order valence-corrected chi connectivity index (χ0v) is 15.4. The maximum absolute atomic E-state index is 11.4. The Kier molecular flexibility index (Phi) is 4.12. The van der Waals surface area contributed by atoms with Crippen molar-refractivity contribution in [2.24, 2.45) is 27.2 Å². The first kappa shape index (κ1) is 19.2. The fourth-order valence-electron chi connectivity index (χ4n) is 4.45. The molecule has 156 valence electrons. The lowest BCUT2D eigenvalue weighted by Gasteiger charge is -2.49. The van der Waals surface area contributed by atoms with E-state index >= 15 is 0 Å². The van der Waals surface area contributed by atoms with Crippen molar-refractivity contribution in [3.05, 3.63) is 35.9 Å². The second-order valence-corrected chi connectivity index (χ2v) is 7.49. The largest absolute Gasteiger partial charge is 0.447 e. The second-order valence-electron chi connectivity index (χ2n) is 7.49. The van der Waals surface area contributed by atoms with Crippen molar-refractivity contribution < 1.29 is 24.9 Å². The number of nitrogens with two attached hydrogens (primary N) is 3. The first-order chi connectivity index (χ1) is 13.6. The Bertz CT molecular complexity index is 891. The lowest BCUT2D eigenvalue weighted by Crippen LogP contribution is -2.78. The molecule has 4 rings (SSSR count). The van der Waals surface area contributed by atoms with Gasteiger partial charge in [-0.25, -0.2) is 14.8 Å². The van der Waals surface area contributed by atoms with Crippen LogP contribution in [0.2, 0.25) is 0 Å². The van der Waals surface area contributed by atoms with Crippen molar-refractivity contribution in [2.45, 2.75) is 35.6 Å². The molecule has 1 fully saturated rings. The number of amides is 1. The molecule has 0 aliphatic carbocycles. The van der Waals surface area contributed by atoms with Gasteiger partial charge in [0.05, 0.1) is 6.54 Å². The highest BCUT2D eigenvalue weighted by atomic mass is 16.5. The van der Waals surface area contributed by atoms with Crippen LogP contribution in [0.4, 0.5) is 4.79 Å². The standard InChI is InChI=1S/C17H23N7O5/c18-12-22-11-10(7-29-14(20)25)21-13(19)24-8-15(26,6-9-4-2-1-3-5-9)17(27,28)16(11,24)23-12/h1-5,10-11,26-28H,6-8H2,(H2,19,21)(H2,20,25)(H3,18,22,23)/t10-,11-,15?,16-/m0/s1. The number of carbonyl (C=O) groups excluding carboxylic acids is 1. The van der Waals surface area contributed by atoms with Crippen molar-refractivity contribution in [3.8, 4) is 0 Å². The average Bonchev–Trinajstić information content (AvgIpc) is 3.09. The smallest absolute Gasteiger partial charge is 0.404 e. The van der Waals surface area contributed by atoms with Gasteiger partial charge in [0.25, 0.3) is 0 Å². The predicted octanol–water partition coefficient (Wildman–Crippen LogP) is -3.27. The molecule has 3 aliphatic heterocycles. The van der Waals surface area contributed by atoms with Gasteiger partial charge < -0.3 is 47.5 Å². The summed E-state index contributed by atoms with van der Waals surface area (Å²) in [6, 6.07) is 6.97. The van der Waals surface area contributed by atoms with Crippen LogP contribution in [0.5, 0.6) is 0 Å². The summed E-state index contributed by atoms with van der Waals surface area (Å²) in [5.41, 5.74) is 13.8. The molecule has 4 atom stereocenters. The molecule has 1 amide bonds. The predicted molar refractivity (Wildman–Crippen MR) is 101 cm³/mol. The van der Waals surface area contributed by atoms with E-state index in [0.29, 0.717) is 5.56 Å². The van der Waals surface area contributed by atoms with E-state index in [1.165, 1.54) is 4.90 Å². The third-order valence-corrected chi connectivity index (χ3v) is 5.73. The second kappa shape index (κ2) is 6.20. The third-order valence-electron chi connectivity index (χ3n) is 5.73. The van der Waals surface area contributed by atoms with E-state index < -0.39 is 35.2 Å². The fourth-order valence-corrected chi connectivity index (χ4v) is 4.45. The van der Waals surface area contributed by atoms with Gasteiger partial charge >= 0.3 is 6.09 Å². The lowest BCUT2D eigenvalue weighted by atomic mass is 9.78. The van der Waals surface area contributed by atoms with E-state index in [1.54, 1.807) is 24.3 Å². The molecule has 1 aromatic carbocycles. The Balaban J connectivity index is 1.76. The fraction of sp³-hybridized carbons (Fsp3) is 0.471. The van der Waals surface area contributed by atoms with Crippen LogP contribution < -0.4 is 22.5 Å². The Labute approximate surface area is 165 Å². The summed E-state index contributed by atoms with van der Waals surface area (Å²) in [7, 11) is 0. The maximum Gasteiger partial charge on any atom is 0.404 e. The summed E-state index contributed by atoms with van der Waals surface area (Å²) in [5.74, 6) is -2.94. The van der Waals surface area contributed by atoms with Crippen LogP contribution in [0.25, 0.3) is 0 Å². The zero-order valence-electron chi connectivity index (χ0n) is 15.4. The molecular formula is C17H23N7O5. The van der Waals surface area contributed by atoms with Crippen LogP contribution >= 0.6 is 0 Å². The Hall–Kier alpha value is -3.09. The number of rotatable bonds is 4. The summed E-state index contributed by atoms with van der Waals surface area (Å²) < 4.78 is 4.83. The Morgan fingerprint density at radius 2 is 1.93 bits per heavy atom. The van der Waals surface area contributed by atoms with Gasteiger partial charge in [-0.1, -0.05) is 30.3 Å². The average molecular weight is 405 g/mol. The minimum Gasteiger partial charge on any atom is -0.447 e. The molecule has 1 spiro atoms. The van der Waals surface area contributed by atoms with Crippen LogP contribution in [-0.2, 0) is 11.2 Å². The van der Waals surface area contributed by atoms with Gasteiger partial charge in [-0.15, -0.1) is 0 Å². The number of ether oxygens (including phenoxy) is 1. The number of primary amides is 1. The number of aliphatic hydroxyl groups is 3. The van der Waals surface area contributed by atoms with Crippen LogP contribution in [-0.4, -0.2) is 80.5 Å². The topological polar surface area (TPSA) is 205 Å². The summed E-state index contributed by atoms with van der Waals surface area (Å²) >= 11 is 0. The van der Waals surface area contributed by atoms with E-state index in [9.17, 15) is 20.1 Å². The van der Waals surface area contributed by atoms with Gasteiger partial charge in [-0.3, -0.25) is 0 Å². The van der Waals surface area contributed by atoms with Gasteiger partial charge in [-0.2, -0.15) is 0 Å². The number of aliphatic imine (C=N–C) groups is 2. The van der Waals surface area contributed by atoms with Crippen molar-refractivity contribution in [1.29, 1.82) is 0 Å². The van der Waals surface area contributed by atoms with Gasteiger partial charge in [-0.05, 0) is 5.56 Å². The number of benzene rings is 1. The molecule has 12 nitrogen and oxygen atoms in total. The van der Waals surface area contributed by atoms with Crippen LogP contribution in [0.3, 0.4) is 0 Å². The molecule has 1 aromatic rings. The molecule has 1 saturated heterocycles. The van der Waals surface area contributed by atoms with E-state index in [0.717, 1.165) is 0 Å². The molecule has 29 heavy (non-hydrogen) atoms. The first-order valence-electron chi connectivity index (χ1n) is 8.96. The molecule has 1 unspecified atom stereocenters. The highest BCUT2D eigenvalue weighted by molar-refractivity contribution is 5.87. The number of nitrogens with one attached hydrogen (secondary N) is 1. The third kappa shape index (κ3) is 2.60. The zero-order chi connectivity index (χ0) is 21.0. The molecule has 12 heteroatoms. The van der Waals surface area contributed by atoms with Crippen molar-refractivity contribution in [1.82, 2.24) is 10.2 Å². The lowest BCUT2D eigenvalue weighted by molar-refractivity contribution is -0.292. The summed E-state index contributed by atoms with van der Waals surface area (Å²) in [6.45, 7) is -0.554. The molecule has 0 aromatic heterocycles. The number of guanidine groups is 2. The molecular weight excluding hydrogens is 382 g/mol. The van der Waals surface area contributed by atoms with Crippen molar-refractivity contribution in [2.75, 3.05) is 13.2 Å². The summed E-state index contributed by atoms with van der Waals surface area (Å²) in [4.78, 5) is 20.9.